The Morgan fingerprint density at radius 1 is 1.25 bits per heavy atom. The summed E-state index contributed by atoms with van der Waals surface area (Å²) in [5.41, 5.74) is 6.44. The second-order valence-corrected chi connectivity index (χ2v) is 3.38. The molecule has 0 aliphatic heterocycles. The minimum absolute atomic E-state index is 0.588. The molecule has 2 N–H and O–H groups in total. The molecule has 0 heterocycles. The maximum atomic E-state index is 5.76. The van der Waals surface area contributed by atoms with Crippen LogP contribution in [0.3, 0.4) is 0 Å². The Morgan fingerprint density at radius 2 is 1.75 bits per heavy atom. The van der Waals surface area contributed by atoms with Crippen LogP contribution in [0.2, 0.25) is 0 Å². The highest BCUT2D eigenvalue weighted by Crippen LogP contribution is 2.56. The van der Waals surface area contributed by atoms with Crippen molar-refractivity contribution in [3.63, 3.8) is 0 Å². The number of rotatable bonds is 0. The SMILES string of the molecule is N[C@H]1CC12CCCC2. The first-order valence-corrected chi connectivity index (χ1v) is 3.59. The van der Waals surface area contributed by atoms with Crippen molar-refractivity contribution in [2.45, 2.75) is 38.1 Å². The average Bonchev–Trinajstić information content (AvgIpc) is 2.29. The van der Waals surface area contributed by atoms with E-state index in [4.69, 9.17) is 5.73 Å². The lowest BCUT2D eigenvalue weighted by Gasteiger charge is -2.01. The van der Waals surface area contributed by atoms with E-state index < -0.39 is 0 Å². The Labute approximate surface area is 50.3 Å². The molecule has 0 saturated heterocycles. The first-order valence-electron chi connectivity index (χ1n) is 3.59. The van der Waals surface area contributed by atoms with Gasteiger partial charge in [0.2, 0.25) is 0 Å². The summed E-state index contributed by atoms with van der Waals surface area (Å²) in [5.74, 6) is 0. The lowest BCUT2D eigenvalue weighted by atomic mass is 10.1. The van der Waals surface area contributed by atoms with Crippen LogP contribution in [0, 0.1) is 5.41 Å². The summed E-state index contributed by atoms with van der Waals surface area (Å²) in [6, 6.07) is 0.588. The molecule has 0 radical (unpaired) electrons. The third kappa shape index (κ3) is 0.455. The van der Waals surface area contributed by atoms with Crippen molar-refractivity contribution in [3.8, 4) is 0 Å². The summed E-state index contributed by atoms with van der Waals surface area (Å²) in [7, 11) is 0. The van der Waals surface area contributed by atoms with Crippen molar-refractivity contribution >= 4 is 0 Å². The summed E-state index contributed by atoms with van der Waals surface area (Å²) in [4.78, 5) is 0. The third-order valence-electron chi connectivity index (χ3n) is 2.85. The van der Waals surface area contributed by atoms with Crippen LogP contribution in [0.4, 0.5) is 0 Å². The van der Waals surface area contributed by atoms with E-state index in [-0.39, 0.29) is 0 Å². The molecule has 1 heteroatoms. The Balaban J connectivity index is 2.06. The maximum Gasteiger partial charge on any atom is 0.0102 e. The normalized spacial score (nSPS) is 40.9. The largest absolute Gasteiger partial charge is 0.327 e. The van der Waals surface area contributed by atoms with E-state index >= 15 is 0 Å². The summed E-state index contributed by atoms with van der Waals surface area (Å²) in [6.45, 7) is 0. The van der Waals surface area contributed by atoms with Gasteiger partial charge in [0, 0.05) is 6.04 Å². The molecule has 0 aromatic carbocycles. The molecule has 0 amide bonds. The number of hydrogen-bond donors (Lipinski definition) is 1. The van der Waals surface area contributed by atoms with Crippen LogP contribution in [0.15, 0.2) is 0 Å². The lowest BCUT2D eigenvalue weighted by Crippen LogP contribution is -2.09. The fourth-order valence-electron chi connectivity index (χ4n) is 2.03. The van der Waals surface area contributed by atoms with E-state index in [9.17, 15) is 0 Å². The van der Waals surface area contributed by atoms with Crippen molar-refractivity contribution < 1.29 is 0 Å². The minimum Gasteiger partial charge on any atom is -0.327 e. The second-order valence-electron chi connectivity index (χ2n) is 3.38. The van der Waals surface area contributed by atoms with Crippen molar-refractivity contribution in [2.75, 3.05) is 0 Å². The zero-order chi connectivity index (χ0) is 5.61. The molecule has 1 atom stereocenters. The smallest absolute Gasteiger partial charge is 0.0102 e. The van der Waals surface area contributed by atoms with Crippen LogP contribution in [-0.4, -0.2) is 6.04 Å². The highest BCUT2D eigenvalue weighted by Gasteiger charge is 2.52. The summed E-state index contributed by atoms with van der Waals surface area (Å²) in [6.07, 6.45) is 7.05. The van der Waals surface area contributed by atoms with E-state index in [1.165, 1.54) is 32.1 Å². The molecule has 2 aliphatic carbocycles. The van der Waals surface area contributed by atoms with E-state index in [2.05, 4.69) is 0 Å². The van der Waals surface area contributed by atoms with Gasteiger partial charge in [0.1, 0.15) is 0 Å². The van der Waals surface area contributed by atoms with Crippen molar-refractivity contribution in [3.05, 3.63) is 0 Å². The predicted molar refractivity (Wildman–Crippen MR) is 33.5 cm³/mol. The molecule has 2 fully saturated rings. The quantitative estimate of drug-likeness (QED) is 0.500. The standard InChI is InChI=1S/C7H13N/c8-6-5-7(6)3-1-2-4-7/h6H,1-5,8H2/t6-/m0/s1. The van der Waals surface area contributed by atoms with Crippen LogP contribution in [0.25, 0.3) is 0 Å². The van der Waals surface area contributed by atoms with E-state index in [1.807, 2.05) is 0 Å². The van der Waals surface area contributed by atoms with Gasteiger partial charge >= 0.3 is 0 Å². The van der Waals surface area contributed by atoms with Gasteiger partial charge in [0.15, 0.2) is 0 Å². The van der Waals surface area contributed by atoms with Crippen LogP contribution >= 0.6 is 0 Å². The van der Waals surface area contributed by atoms with Gasteiger partial charge in [-0.25, -0.2) is 0 Å². The topological polar surface area (TPSA) is 26.0 Å². The van der Waals surface area contributed by atoms with E-state index in [1.54, 1.807) is 0 Å². The molecular weight excluding hydrogens is 98.1 g/mol. The molecule has 0 unspecified atom stereocenters. The second kappa shape index (κ2) is 1.27. The van der Waals surface area contributed by atoms with Gasteiger partial charge in [0.25, 0.3) is 0 Å². The molecule has 2 aliphatic rings. The molecule has 0 aromatic rings. The molecule has 1 nitrogen and oxygen atoms in total. The van der Waals surface area contributed by atoms with Crippen molar-refractivity contribution in [1.29, 1.82) is 0 Å². The highest BCUT2D eigenvalue weighted by atomic mass is 14.8. The number of nitrogens with two attached hydrogens (primary N) is 1. The van der Waals surface area contributed by atoms with Gasteiger partial charge in [-0.05, 0) is 24.7 Å². The molecule has 0 bridgehead atoms. The van der Waals surface area contributed by atoms with Crippen LogP contribution in [0.5, 0.6) is 0 Å². The van der Waals surface area contributed by atoms with E-state index in [0.717, 1.165) is 0 Å². The third-order valence-corrected chi connectivity index (χ3v) is 2.85. The molecule has 1 spiro atoms. The molecule has 2 saturated carbocycles. The maximum absolute atomic E-state index is 5.76. The first kappa shape index (κ1) is 4.80. The van der Waals surface area contributed by atoms with Gasteiger partial charge < -0.3 is 5.73 Å². The van der Waals surface area contributed by atoms with Crippen molar-refractivity contribution in [2.24, 2.45) is 11.1 Å². The van der Waals surface area contributed by atoms with Crippen molar-refractivity contribution in [1.82, 2.24) is 0 Å². The highest BCUT2D eigenvalue weighted by molar-refractivity contribution is 5.07. The number of hydrogen-bond acceptors (Lipinski definition) is 1. The Bertz CT molecular complexity index is 103. The predicted octanol–water partition coefficient (Wildman–Crippen LogP) is 1.28. The Morgan fingerprint density at radius 3 is 2.00 bits per heavy atom. The summed E-state index contributed by atoms with van der Waals surface area (Å²) >= 11 is 0. The Hall–Kier alpha value is -0.0400. The van der Waals surface area contributed by atoms with Crippen LogP contribution in [-0.2, 0) is 0 Å². The fourth-order valence-corrected chi connectivity index (χ4v) is 2.03. The summed E-state index contributed by atoms with van der Waals surface area (Å²) in [5, 5.41) is 0. The average molecular weight is 111 g/mol. The van der Waals surface area contributed by atoms with Gasteiger partial charge in [-0.2, -0.15) is 0 Å². The molecule has 2 rings (SSSR count). The molecular formula is C7H13N. The zero-order valence-electron chi connectivity index (χ0n) is 5.19. The first-order chi connectivity index (χ1) is 3.83. The zero-order valence-corrected chi connectivity index (χ0v) is 5.19. The van der Waals surface area contributed by atoms with Gasteiger partial charge in [-0.1, -0.05) is 12.8 Å². The monoisotopic (exact) mass is 111 g/mol. The fraction of sp³-hybridized carbons (Fsp3) is 1.00. The lowest BCUT2D eigenvalue weighted by molar-refractivity contribution is 0.511. The van der Waals surface area contributed by atoms with Gasteiger partial charge in [0.05, 0.1) is 0 Å². The molecule has 8 heavy (non-hydrogen) atoms. The van der Waals surface area contributed by atoms with E-state index in [0.29, 0.717) is 11.5 Å². The van der Waals surface area contributed by atoms with Gasteiger partial charge in [-0.15, -0.1) is 0 Å². The van der Waals surface area contributed by atoms with Gasteiger partial charge in [-0.3, -0.25) is 0 Å². The Kier molecular flexibility index (Phi) is 0.762. The molecule has 0 aromatic heterocycles. The van der Waals surface area contributed by atoms with Crippen LogP contribution < -0.4 is 5.73 Å². The minimum atomic E-state index is 0.588. The summed E-state index contributed by atoms with van der Waals surface area (Å²) < 4.78 is 0. The van der Waals surface area contributed by atoms with Crippen LogP contribution in [0.1, 0.15) is 32.1 Å². The molecule has 46 valence electrons.